The predicted octanol–water partition coefficient (Wildman–Crippen LogP) is 3.79. The molecule has 1 aliphatic carbocycles. The number of thioether (sulfide) groups is 1. The van der Waals surface area contributed by atoms with Crippen molar-refractivity contribution in [2.24, 2.45) is 0 Å². The van der Waals surface area contributed by atoms with E-state index in [9.17, 15) is 4.79 Å². The molecule has 1 saturated carbocycles. The van der Waals surface area contributed by atoms with Gasteiger partial charge in [0.05, 0.1) is 5.56 Å². The van der Waals surface area contributed by atoms with Crippen LogP contribution in [0.2, 0.25) is 5.02 Å². The molecule has 0 aliphatic heterocycles. The lowest BCUT2D eigenvalue weighted by atomic mass is 10.1. The zero-order valence-corrected chi connectivity index (χ0v) is 13.5. The van der Waals surface area contributed by atoms with E-state index in [1.54, 1.807) is 12.1 Å². The van der Waals surface area contributed by atoms with Crippen LogP contribution in [0.5, 0.6) is 0 Å². The second-order valence-electron chi connectivity index (χ2n) is 4.94. The van der Waals surface area contributed by atoms with Gasteiger partial charge in [-0.2, -0.15) is 11.8 Å². The zero-order chi connectivity index (χ0) is 14.5. The molecule has 5 heteroatoms. The number of anilines is 1. The van der Waals surface area contributed by atoms with Crippen LogP contribution in [0, 0.1) is 0 Å². The fourth-order valence-corrected chi connectivity index (χ4v) is 4.04. The number of rotatable bonds is 5. The van der Waals surface area contributed by atoms with Gasteiger partial charge >= 0.3 is 0 Å². The molecule has 1 amide bonds. The SMILES string of the molecule is CCSC1CCCC1NC(=O)c1cc(Cl)ccc1NC. The van der Waals surface area contributed by atoms with Gasteiger partial charge in [-0.3, -0.25) is 4.79 Å². The largest absolute Gasteiger partial charge is 0.387 e. The van der Waals surface area contributed by atoms with Gasteiger partial charge in [-0.1, -0.05) is 24.9 Å². The molecule has 0 heterocycles. The number of amides is 1. The van der Waals surface area contributed by atoms with Gasteiger partial charge in [0.15, 0.2) is 0 Å². The smallest absolute Gasteiger partial charge is 0.253 e. The van der Waals surface area contributed by atoms with Crippen molar-refractivity contribution in [3.8, 4) is 0 Å². The number of halogens is 1. The second-order valence-corrected chi connectivity index (χ2v) is 6.90. The zero-order valence-electron chi connectivity index (χ0n) is 11.9. The molecule has 1 aliphatic rings. The van der Waals surface area contributed by atoms with E-state index in [0.717, 1.165) is 17.9 Å². The molecule has 2 unspecified atom stereocenters. The summed E-state index contributed by atoms with van der Waals surface area (Å²) in [6.45, 7) is 2.16. The number of nitrogens with one attached hydrogen (secondary N) is 2. The molecule has 0 spiro atoms. The average Bonchev–Trinajstić information content (AvgIpc) is 2.86. The van der Waals surface area contributed by atoms with E-state index in [2.05, 4.69) is 17.6 Å². The number of hydrogen-bond donors (Lipinski definition) is 2. The molecule has 2 N–H and O–H groups in total. The van der Waals surface area contributed by atoms with Gasteiger partial charge in [-0.15, -0.1) is 0 Å². The van der Waals surface area contributed by atoms with E-state index in [4.69, 9.17) is 11.6 Å². The van der Waals surface area contributed by atoms with E-state index in [1.807, 2.05) is 24.9 Å². The van der Waals surface area contributed by atoms with Crippen LogP contribution in [-0.2, 0) is 0 Å². The Morgan fingerprint density at radius 3 is 2.95 bits per heavy atom. The summed E-state index contributed by atoms with van der Waals surface area (Å²) in [4.78, 5) is 12.5. The molecule has 0 bridgehead atoms. The van der Waals surface area contributed by atoms with Crippen LogP contribution < -0.4 is 10.6 Å². The van der Waals surface area contributed by atoms with Crippen molar-refractivity contribution in [3.05, 3.63) is 28.8 Å². The van der Waals surface area contributed by atoms with Gasteiger partial charge in [0, 0.05) is 29.0 Å². The van der Waals surface area contributed by atoms with Gasteiger partial charge in [-0.25, -0.2) is 0 Å². The molecule has 2 rings (SSSR count). The van der Waals surface area contributed by atoms with Crippen LogP contribution in [0.15, 0.2) is 18.2 Å². The van der Waals surface area contributed by atoms with Crippen LogP contribution in [0.4, 0.5) is 5.69 Å². The monoisotopic (exact) mass is 312 g/mol. The van der Waals surface area contributed by atoms with Crippen molar-refractivity contribution >= 4 is 35.0 Å². The summed E-state index contributed by atoms with van der Waals surface area (Å²) in [5.74, 6) is 1.06. The van der Waals surface area contributed by atoms with Crippen molar-refractivity contribution in [1.82, 2.24) is 5.32 Å². The first-order valence-electron chi connectivity index (χ1n) is 7.05. The lowest BCUT2D eigenvalue weighted by Gasteiger charge is -2.21. The highest BCUT2D eigenvalue weighted by atomic mass is 35.5. The lowest BCUT2D eigenvalue weighted by Crippen LogP contribution is -2.39. The summed E-state index contributed by atoms with van der Waals surface area (Å²) in [5, 5.41) is 7.34. The number of hydrogen-bond acceptors (Lipinski definition) is 3. The maximum absolute atomic E-state index is 12.5. The first-order valence-corrected chi connectivity index (χ1v) is 8.48. The van der Waals surface area contributed by atoms with Crippen LogP contribution >= 0.6 is 23.4 Å². The first kappa shape index (κ1) is 15.5. The van der Waals surface area contributed by atoms with Gasteiger partial charge in [0.25, 0.3) is 5.91 Å². The summed E-state index contributed by atoms with van der Waals surface area (Å²) in [6, 6.07) is 5.62. The number of carbonyl (C=O) groups excluding carboxylic acids is 1. The van der Waals surface area contributed by atoms with E-state index in [-0.39, 0.29) is 11.9 Å². The highest BCUT2D eigenvalue weighted by Crippen LogP contribution is 2.30. The number of carbonyl (C=O) groups is 1. The van der Waals surface area contributed by atoms with E-state index >= 15 is 0 Å². The maximum atomic E-state index is 12.5. The Balaban J connectivity index is 2.10. The van der Waals surface area contributed by atoms with Gasteiger partial charge in [-0.05, 0) is 36.8 Å². The minimum atomic E-state index is -0.0366. The average molecular weight is 313 g/mol. The summed E-state index contributed by atoms with van der Waals surface area (Å²) in [7, 11) is 1.81. The summed E-state index contributed by atoms with van der Waals surface area (Å²) in [6.07, 6.45) is 3.45. The molecule has 3 nitrogen and oxygen atoms in total. The van der Waals surface area contributed by atoms with Crippen molar-refractivity contribution in [3.63, 3.8) is 0 Å². The molecular formula is C15H21ClN2OS. The highest BCUT2D eigenvalue weighted by molar-refractivity contribution is 7.99. The minimum Gasteiger partial charge on any atom is -0.387 e. The lowest BCUT2D eigenvalue weighted by molar-refractivity contribution is 0.0939. The third-order valence-electron chi connectivity index (χ3n) is 3.65. The molecule has 20 heavy (non-hydrogen) atoms. The molecule has 2 atom stereocenters. The molecule has 0 saturated heterocycles. The van der Waals surface area contributed by atoms with E-state index < -0.39 is 0 Å². The highest BCUT2D eigenvalue weighted by Gasteiger charge is 2.29. The van der Waals surface area contributed by atoms with Crippen molar-refractivity contribution in [2.45, 2.75) is 37.5 Å². The summed E-state index contributed by atoms with van der Waals surface area (Å²) in [5.41, 5.74) is 1.43. The molecule has 1 aromatic carbocycles. The van der Waals surface area contributed by atoms with Crippen molar-refractivity contribution in [2.75, 3.05) is 18.1 Å². The molecule has 110 valence electrons. The summed E-state index contributed by atoms with van der Waals surface area (Å²) >= 11 is 7.94. The molecule has 0 radical (unpaired) electrons. The van der Waals surface area contributed by atoms with Gasteiger partial charge in [0.1, 0.15) is 0 Å². The molecule has 0 aromatic heterocycles. The second kappa shape index (κ2) is 7.23. The Morgan fingerprint density at radius 2 is 2.25 bits per heavy atom. The maximum Gasteiger partial charge on any atom is 0.253 e. The normalized spacial score (nSPS) is 21.8. The van der Waals surface area contributed by atoms with Crippen molar-refractivity contribution in [1.29, 1.82) is 0 Å². The van der Waals surface area contributed by atoms with Crippen LogP contribution in [0.1, 0.15) is 36.5 Å². The van der Waals surface area contributed by atoms with E-state index in [0.29, 0.717) is 15.8 Å². The predicted molar refractivity (Wildman–Crippen MR) is 88.0 cm³/mol. The summed E-state index contributed by atoms with van der Waals surface area (Å²) < 4.78 is 0. The van der Waals surface area contributed by atoms with Crippen molar-refractivity contribution < 1.29 is 4.79 Å². The third kappa shape index (κ3) is 3.61. The Morgan fingerprint density at radius 1 is 1.45 bits per heavy atom. The van der Waals surface area contributed by atoms with Crippen LogP contribution in [-0.4, -0.2) is 30.0 Å². The van der Waals surface area contributed by atoms with Gasteiger partial charge in [0.2, 0.25) is 0 Å². The van der Waals surface area contributed by atoms with Crippen LogP contribution in [0.25, 0.3) is 0 Å². The Labute approximate surface area is 129 Å². The van der Waals surface area contributed by atoms with Crippen LogP contribution in [0.3, 0.4) is 0 Å². The topological polar surface area (TPSA) is 41.1 Å². The standard InChI is InChI=1S/C15H21ClN2OS/c1-3-20-14-6-4-5-13(14)18-15(19)11-9-10(16)7-8-12(11)17-2/h7-9,13-14,17H,3-6H2,1-2H3,(H,18,19). The number of benzene rings is 1. The Hall–Kier alpha value is -0.870. The fourth-order valence-electron chi connectivity index (χ4n) is 2.67. The fraction of sp³-hybridized carbons (Fsp3) is 0.533. The first-order chi connectivity index (χ1) is 9.65. The Bertz CT molecular complexity index is 481. The van der Waals surface area contributed by atoms with Gasteiger partial charge < -0.3 is 10.6 Å². The minimum absolute atomic E-state index is 0.0366. The van der Waals surface area contributed by atoms with E-state index in [1.165, 1.54) is 12.8 Å². The third-order valence-corrected chi connectivity index (χ3v) is 5.21. The molecular weight excluding hydrogens is 292 g/mol. The quantitative estimate of drug-likeness (QED) is 0.869. The molecule has 1 aromatic rings. The Kier molecular flexibility index (Phi) is 5.61. The molecule has 1 fully saturated rings.